The molecule has 1 unspecified atom stereocenters. The molecule has 0 bridgehead atoms. The highest BCUT2D eigenvalue weighted by Crippen LogP contribution is 2.46. The topological polar surface area (TPSA) is 415 Å². The van der Waals surface area contributed by atoms with Gasteiger partial charge in [0, 0.05) is 28.0 Å². The van der Waals surface area contributed by atoms with Gasteiger partial charge in [0.05, 0.1) is 22.9 Å². The first-order valence-electron chi connectivity index (χ1n) is 21.4. The summed E-state index contributed by atoms with van der Waals surface area (Å²) >= 11 is 9.83. The predicted octanol–water partition coefficient (Wildman–Crippen LogP) is 9.52. The summed E-state index contributed by atoms with van der Waals surface area (Å²) in [6.45, 7) is 9.14. The van der Waals surface area contributed by atoms with Crippen molar-refractivity contribution in [3.05, 3.63) is 114 Å². The number of phenolic OH excluding ortho intramolecular Hbond substituents is 2. The highest BCUT2D eigenvalue weighted by atomic mass is 35.5. The van der Waals surface area contributed by atoms with Gasteiger partial charge in [-0.05, 0) is 126 Å². The number of rotatable bonds is 20. The number of carbonyl (C=O) groups is 1. The maximum atomic E-state index is 12.6. The molecule has 0 aliphatic heterocycles. The van der Waals surface area contributed by atoms with Crippen LogP contribution in [0.1, 0.15) is 18.6 Å². The third-order valence-corrected chi connectivity index (χ3v) is 15.1. The van der Waals surface area contributed by atoms with Crippen molar-refractivity contribution < 1.29 is 74.9 Å². The molecule has 0 saturated carbocycles. The Balaban J connectivity index is 0.00000378. The molecule has 1 heterocycles. The second-order valence-corrected chi connectivity index (χ2v) is 23.3. The fraction of sp³-hybridized carbons (Fsp3) is 0.156. The van der Waals surface area contributed by atoms with Gasteiger partial charge in [-0.1, -0.05) is 13.5 Å². The third kappa shape index (κ3) is 16.2. The Labute approximate surface area is 463 Å². The fourth-order valence-electron chi connectivity index (χ4n) is 6.94. The summed E-state index contributed by atoms with van der Waals surface area (Å²) < 4.78 is 146. The van der Waals surface area contributed by atoms with Gasteiger partial charge in [-0.3, -0.25) is 22.6 Å². The zero-order valence-electron chi connectivity index (χ0n) is 39.9. The molecule has 0 fully saturated rings. The van der Waals surface area contributed by atoms with Crippen LogP contribution in [-0.4, -0.2) is 107 Å². The van der Waals surface area contributed by atoms with Crippen molar-refractivity contribution in [2.45, 2.75) is 36.0 Å². The van der Waals surface area contributed by atoms with Gasteiger partial charge in [0.25, 0.3) is 20.2 Å². The number of fused-ring (bicyclic) bond motifs is 2. The summed E-state index contributed by atoms with van der Waals surface area (Å²) in [5, 5.41) is 47.5. The molecular weight excluding hydrogens is 1180 g/mol. The largest absolute Gasteiger partial charge is 0.505 e. The highest BCUT2D eigenvalue weighted by Gasteiger charge is 2.26. The second-order valence-electron chi connectivity index (χ2n) is 15.6. The zero-order valence-corrected chi connectivity index (χ0v) is 45.5. The number of alkyl halides is 1. The number of carbonyl (C=O) groups excluding carboxylic acids is 1. The number of aromatic hydroxyl groups is 2. The molecule has 0 aliphatic carbocycles. The van der Waals surface area contributed by atoms with Gasteiger partial charge in [-0.25, -0.2) is 16.8 Å². The predicted molar refractivity (Wildman–Crippen MR) is 294 cm³/mol. The molecule has 420 valence electrons. The number of hydrogen-bond acceptors (Lipinski definition) is 23. The van der Waals surface area contributed by atoms with Gasteiger partial charge in [-0.15, -0.1) is 40.1 Å². The number of hydrogen-bond donors (Lipinski definition) is 8. The molecule has 79 heavy (non-hydrogen) atoms. The van der Waals surface area contributed by atoms with Crippen molar-refractivity contribution in [3.8, 4) is 11.5 Å². The van der Waals surface area contributed by atoms with Crippen LogP contribution in [0.2, 0.25) is 5.28 Å². The highest BCUT2D eigenvalue weighted by molar-refractivity contribution is 7.92. The van der Waals surface area contributed by atoms with Crippen molar-refractivity contribution in [2.24, 2.45) is 20.5 Å². The lowest BCUT2D eigenvalue weighted by atomic mass is 10.0. The molecule has 7 aromatic rings. The number of phenols is 2. The minimum atomic E-state index is -5.10. The smallest absolute Gasteiger partial charge is 0.398 e. The van der Waals surface area contributed by atoms with Crippen molar-refractivity contribution in [2.75, 3.05) is 40.1 Å². The zero-order chi connectivity index (χ0) is 57.5. The number of amides is 1. The van der Waals surface area contributed by atoms with Gasteiger partial charge in [0.2, 0.25) is 32.9 Å². The first kappa shape index (κ1) is 62.6. The Bertz CT molecular complexity index is 4070. The van der Waals surface area contributed by atoms with E-state index >= 15 is 0 Å². The van der Waals surface area contributed by atoms with Crippen LogP contribution in [-0.2, 0) is 64.7 Å². The fourth-order valence-corrected chi connectivity index (χ4v) is 10.9. The Kier molecular flexibility index (Phi) is 20.4. The number of sulfone groups is 1. The van der Waals surface area contributed by atoms with E-state index < -0.39 is 101 Å². The van der Waals surface area contributed by atoms with Gasteiger partial charge in [0.15, 0.2) is 28.5 Å². The Morgan fingerprint density at radius 1 is 0.722 bits per heavy atom. The van der Waals surface area contributed by atoms with Gasteiger partial charge < -0.3 is 26.2 Å². The molecule has 34 heteroatoms. The molecule has 6 aromatic carbocycles. The first-order valence-corrected chi connectivity index (χ1v) is 29.4. The molecule has 1 amide bonds. The van der Waals surface area contributed by atoms with Crippen LogP contribution in [0.3, 0.4) is 0 Å². The average Bonchev–Trinajstić information content (AvgIpc) is 3.38. The van der Waals surface area contributed by atoms with E-state index in [0.717, 1.165) is 48.5 Å². The molecule has 0 spiro atoms. The van der Waals surface area contributed by atoms with Crippen LogP contribution in [0.5, 0.6) is 11.5 Å². The number of nitrogens with one attached hydrogen (secondary N) is 3. The molecule has 27 nitrogen and oxygen atoms in total. The summed E-state index contributed by atoms with van der Waals surface area (Å²) in [6, 6.07) is 17.6. The number of benzene rings is 6. The van der Waals surface area contributed by atoms with Crippen molar-refractivity contribution in [3.63, 3.8) is 0 Å². The molecule has 0 radical (unpaired) electrons. The number of anilines is 5. The molecular formula is C45H44Cl2N10O17S5. The number of nitrogens with zero attached hydrogens (tertiary/aromatic N) is 7. The SMILES string of the molecule is C.C=C.Cc1cc(Nc2nc(Cl)nc(Nc3ccc4c(O)c(N=Nc5cc(NC(=O)CS(=O)OCCCl)ccc5S(=O)(=O)O)c(C)cc4c3)n2)c2c(O)c(N=Nc3ccc(S(=O)(=O)COS(=O)(=O)O)cc3)c(S(=O)(=O)O)cc2c1. The van der Waals surface area contributed by atoms with Gasteiger partial charge >= 0.3 is 10.4 Å². The van der Waals surface area contributed by atoms with Crippen LogP contribution in [0.4, 0.5) is 51.7 Å². The van der Waals surface area contributed by atoms with Crippen LogP contribution in [0, 0.1) is 13.8 Å². The Morgan fingerprint density at radius 3 is 1.99 bits per heavy atom. The van der Waals surface area contributed by atoms with Crippen molar-refractivity contribution >= 4 is 154 Å². The summed E-state index contributed by atoms with van der Waals surface area (Å²) in [5.74, 6) is -4.23. The van der Waals surface area contributed by atoms with E-state index in [9.17, 15) is 62.0 Å². The molecule has 8 N–H and O–H groups in total. The Hall–Kier alpha value is -7.21. The minimum Gasteiger partial charge on any atom is -0.505 e. The van der Waals surface area contributed by atoms with Crippen LogP contribution < -0.4 is 16.0 Å². The molecule has 1 aromatic heterocycles. The minimum absolute atomic E-state index is 0. The van der Waals surface area contributed by atoms with E-state index in [1.807, 2.05) is 0 Å². The average molecular weight is 1230 g/mol. The molecule has 1 atom stereocenters. The molecule has 7 rings (SSSR count). The van der Waals surface area contributed by atoms with Gasteiger partial charge in [-0.2, -0.15) is 45.3 Å². The monoisotopic (exact) mass is 1230 g/mol. The van der Waals surface area contributed by atoms with E-state index in [-0.39, 0.29) is 81.8 Å². The van der Waals surface area contributed by atoms with E-state index in [1.54, 1.807) is 26.0 Å². The first-order chi connectivity index (χ1) is 36.6. The standard InChI is InChI=1S/C42H36Cl2N10O17S5.C2H4.CH4/c1-21-13-24-17-33(75(64,65)66)37(54-51-25-3-7-28(8-4-25)73(59,60)20-71-76(67,68)69)39(57)35(24)31(14-21)47-42-49-40(44)48-41(50-42)46-26-5-9-29-23(16-26)15-22(2)36(38(29)56)53-52-30-18-27(6-10-32(30)74(61,62)63)45-34(55)19-72(58)70-12-11-43;1-2;/h3-10,13-18,56-57H,11-12,19-20H2,1-2H3,(H,45,55)(H,61,62,63)(H,64,65,66)(H,67,68,69)(H2,46,47,48,49,50);1-2H2;1H4. The molecule has 0 saturated heterocycles. The Morgan fingerprint density at radius 2 is 1.35 bits per heavy atom. The summed E-state index contributed by atoms with van der Waals surface area (Å²) in [4.78, 5) is 23.1. The van der Waals surface area contributed by atoms with E-state index in [2.05, 4.69) is 68.7 Å². The lowest BCUT2D eigenvalue weighted by Gasteiger charge is -2.15. The number of halogens is 2. The van der Waals surface area contributed by atoms with Crippen LogP contribution in [0.25, 0.3) is 21.5 Å². The third-order valence-electron chi connectivity index (χ3n) is 10.1. The lowest BCUT2D eigenvalue weighted by molar-refractivity contribution is -0.113. The maximum Gasteiger partial charge on any atom is 0.398 e. The second kappa shape index (κ2) is 25.7. The van der Waals surface area contributed by atoms with E-state index in [4.69, 9.17) is 31.9 Å². The normalized spacial score (nSPS) is 12.5. The van der Waals surface area contributed by atoms with E-state index in [0.29, 0.717) is 22.2 Å². The maximum absolute atomic E-state index is 12.6. The number of aromatic nitrogens is 3. The molecule has 0 aliphatic rings. The lowest BCUT2D eigenvalue weighted by Crippen LogP contribution is -2.21. The van der Waals surface area contributed by atoms with Crippen molar-refractivity contribution in [1.29, 1.82) is 0 Å². The van der Waals surface area contributed by atoms with Crippen molar-refractivity contribution in [1.82, 2.24) is 15.0 Å². The summed E-state index contributed by atoms with van der Waals surface area (Å²) in [5.41, 5.74) is -0.0862. The van der Waals surface area contributed by atoms with Crippen LogP contribution in [0.15, 0.2) is 133 Å². The van der Waals surface area contributed by atoms with E-state index in [1.165, 1.54) is 24.3 Å². The summed E-state index contributed by atoms with van der Waals surface area (Å²) in [6.07, 6.45) is 0. The van der Waals surface area contributed by atoms with Gasteiger partial charge in [0.1, 0.15) is 32.6 Å². The summed E-state index contributed by atoms with van der Waals surface area (Å²) in [7, 11) is -19.4. The van der Waals surface area contributed by atoms with Crippen LogP contribution >= 0.6 is 23.2 Å². The quantitative estimate of drug-likeness (QED) is 0.0152. The number of azo groups is 2. The number of aryl methyl sites for hydroxylation is 2.